The Bertz CT molecular complexity index is 721. The fourth-order valence-electron chi connectivity index (χ4n) is 2.85. The number of nitrogens with zero attached hydrogens (tertiary/aromatic N) is 2. The molecule has 2 aromatic heterocycles. The number of pyridine rings is 2. The summed E-state index contributed by atoms with van der Waals surface area (Å²) in [5, 5.41) is 1.23. The van der Waals surface area contributed by atoms with Gasteiger partial charge in [0.25, 0.3) is 0 Å². The zero-order valence-electron chi connectivity index (χ0n) is 10.5. The monoisotopic (exact) mass is 246 g/mol. The highest BCUT2D eigenvalue weighted by atomic mass is 14.6. The third kappa shape index (κ3) is 1.89. The molecule has 92 valence electrons. The van der Waals surface area contributed by atoms with E-state index in [1.54, 1.807) is 0 Å². The van der Waals surface area contributed by atoms with Crippen LogP contribution in [0.4, 0.5) is 0 Å². The first-order valence-electron chi connectivity index (χ1n) is 6.66. The quantitative estimate of drug-likeness (QED) is 0.685. The van der Waals surface area contributed by atoms with Crippen molar-refractivity contribution in [3.8, 4) is 0 Å². The molecule has 1 fully saturated rings. The average Bonchev–Trinajstić information content (AvgIpc) is 3.28. The summed E-state index contributed by atoms with van der Waals surface area (Å²) >= 11 is 0. The Kier molecular flexibility index (Phi) is 2.34. The molecule has 0 bridgehead atoms. The van der Waals surface area contributed by atoms with Crippen LogP contribution in [0.15, 0.2) is 61.1 Å². The molecule has 19 heavy (non-hydrogen) atoms. The van der Waals surface area contributed by atoms with Crippen molar-refractivity contribution in [1.29, 1.82) is 0 Å². The Hall–Kier alpha value is -2.22. The highest BCUT2D eigenvalue weighted by molar-refractivity contribution is 5.79. The van der Waals surface area contributed by atoms with Gasteiger partial charge in [0.15, 0.2) is 0 Å². The topological polar surface area (TPSA) is 25.8 Å². The van der Waals surface area contributed by atoms with E-state index in [2.05, 4.69) is 40.3 Å². The minimum Gasteiger partial charge on any atom is -0.264 e. The Morgan fingerprint density at radius 1 is 0.895 bits per heavy atom. The van der Waals surface area contributed by atoms with Gasteiger partial charge in [-0.15, -0.1) is 0 Å². The van der Waals surface area contributed by atoms with E-state index in [0.717, 1.165) is 5.52 Å². The molecule has 1 aromatic carbocycles. The van der Waals surface area contributed by atoms with Crippen molar-refractivity contribution >= 4 is 10.9 Å². The maximum absolute atomic E-state index is 4.37. The van der Waals surface area contributed by atoms with Crippen molar-refractivity contribution in [2.45, 2.75) is 18.3 Å². The van der Waals surface area contributed by atoms with Crippen LogP contribution in [0.25, 0.3) is 10.9 Å². The Morgan fingerprint density at radius 3 is 2.68 bits per heavy atom. The lowest BCUT2D eigenvalue weighted by molar-refractivity contribution is 1.01. The van der Waals surface area contributed by atoms with Crippen molar-refractivity contribution in [3.05, 3.63) is 72.2 Å². The van der Waals surface area contributed by atoms with Crippen molar-refractivity contribution in [2.75, 3.05) is 0 Å². The first-order chi connectivity index (χ1) is 9.42. The molecule has 2 heterocycles. The van der Waals surface area contributed by atoms with Gasteiger partial charge in [0.05, 0.1) is 5.52 Å². The van der Waals surface area contributed by atoms with Crippen LogP contribution >= 0.6 is 0 Å². The third-order valence-electron chi connectivity index (χ3n) is 3.96. The number of hydrogen-bond acceptors (Lipinski definition) is 2. The largest absolute Gasteiger partial charge is 0.264 e. The maximum Gasteiger partial charge on any atom is 0.0702 e. The summed E-state index contributed by atoms with van der Waals surface area (Å²) in [5.74, 6) is 1.29. The first kappa shape index (κ1) is 10.7. The van der Waals surface area contributed by atoms with E-state index in [0.29, 0.717) is 11.8 Å². The predicted molar refractivity (Wildman–Crippen MR) is 76.1 cm³/mol. The van der Waals surface area contributed by atoms with Gasteiger partial charge in [0.2, 0.25) is 0 Å². The summed E-state index contributed by atoms with van der Waals surface area (Å²) in [6.07, 6.45) is 6.91. The fourth-order valence-corrected chi connectivity index (χ4v) is 2.85. The highest BCUT2D eigenvalue weighted by Gasteiger charge is 2.39. The number of hydrogen-bond donors (Lipinski definition) is 0. The molecule has 1 aliphatic carbocycles. The van der Waals surface area contributed by atoms with Crippen molar-refractivity contribution in [1.82, 2.24) is 9.97 Å². The SMILES string of the molecule is c1cncc(C2CC2c2ccc3ncccc3c2)c1. The van der Waals surface area contributed by atoms with Gasteiger partial charge < -0.3 is 0 Å². The minimum atomic E-state index is 0.642. The van der Waals surface area contributed by atoms with E-state index in [1.165, 1.54) is 22.9 Å². The van der Waals surface area contributed by atoms with Gasteiger partial charge in [-0.25, -0.2) is 0 Å². The summed E-state index contributed by atoms with van der Waals surface area (Å²) in [5.41, 5.74) is 3.86. The molecule has 2 heteroatoms. The number of fused-ring (bicyclic) bond motifs is 1. The van der Waals surface area contributed by atoms with Crippen molar-refractivity contribution in [3.63, 3.8) is 0 Å². The number of rotatable bonds is 2. The molecule has 3 aromatic rings. The summed E-state index contributed by atoms with van der Waals surface area (Å²) in [7, 11) is 0. The van der Waals surface area contributed by atoms with E-state index in [4.69, 9.17) is 0 Å². The minimum absolute atomic E-state index is 0.642. The molecular weight excluding hydrogens is 232 g/mol. The summed E-state index contributed by atoms with van der Waals surface area (Å²) < 4.78 is 0. The highest BCUT2D eigenvalue weighted by Crippen LogP contribution is 2.54. The van der Waals surface area contributed by atoms with Crippen LogP contribution in [-0.2, 0) is 0 Å². The smallest absolute Gasteiger partial charge is 0.0702 e. The molecule has 0 spiro atoms. The second-order valence-corrected chi connectivity index (χ2v) is 5.19. The predicted octanol–water partition coefficient (Wildman–Crippen LogP) is 3.90. The van der Waals surface area contributed by atoms with E-state index in [9.17, 15) is 0 Å². The van der Waals surface area contributed by atoms with Crippen LogP contribution in [0.5, 0.6) is 0 Å². The van der Waals surface area contributed by atoms with Crippen LogP contribution in [0.1, 0.15) is 29.4 Å². The van der Waals surface area contributed by atoms with Crippen LogP contribution < -0.4 is 0 Å². The van der Waals surface area contributed by atoms with Gasteiger partial charge in [-0.2, -0.15) is 0 Å². The second kappa shape index (κ2) is 4.16. The lowest BCUT2D eigenvalue weighted by Crippen LogP contribution is -1.86. The van der Waals surface area contributed by atoms with Crippen LogP contribution in [-0.4, -0.2) is 9.97 Å². The Balaban J connectivity index is 1.66. The van der Waals surface area contributed by atoms with E-state index >= 15 is 0 Å². The molecule has 0 aliphatic heterocycles. The zero-order valence-corrected chi connectivity index (χ0v) is 10.5. The summed E-state index contributed by atoms with van der Waals surface area (Å²) in [4.78, 5) is 8.58. The molecule has 2 nitrogen and oxygen atoms in total. The molecule has 1 aliphatic rings. The van der Waals surface area contributed by atoms with Gasteiger partial charge in [-0.05, 0) is 53.6 Å². The summed E-state index contributed by atoms with van der Waals surface area (Å²) in [6, 6.07) is 15.0. The first-order valence-corrected chi connectivity index (χ1v) is 6.66. The second-order valence-electron chi connectivity index (χ2n) is 5.19. The van der Waals surface area contributed by atoms with Gasteiger partial charge in [-0.3, -0.25) is 9.97 Å². The van der Waals surface area contributed by atoms with E-state index in [-0.39, 0.29) is 0 Å². The molecule has 1 saturated carbocycles. The molecule has 0 saturated heterocycles. The van der Waals surface area contributed by atoms with E-state index < -0.39 is 0 Å². The molecule has 2 atom stereocenters. The van der Waals surface area contributed by atoms with Gasteiger partial charge in [-0.1, -0.05) is 18.2 Å². The third-order valence-corrected chi connectivity index (χ3v) is 3.96. The molecular formula is C17H14N2. The Labute approximate surface area is 112 Å². The summed E-state index contributed by atoms with van der Waals surface area (Å²) in [6.45, 7) is 0. The normalized spacial score (nSPS) is 21.5. The maximum atomic E-state index is 4.37. The average molecular weight is 246 g/mol. The van der Waals surface area contributed by atoms with E-state index in [1.807, 2.05) is 30.7 Å². The lowest BCUT2D eigenvalue weighted by atomic mass is 10.0. The zero-order chi connectivity index (χ0) is 12.7. The standard InChI is InChI=1S/C17H14N2/c1-4-14(11-18-7-1)16-10-15(16)12-5-6-17-13(9-12)3-2-8-19-17/h1-9,11,15-16H,10H2. The number of aromatic nitrogens is 2. The molecule has 0 N–H and O–H groups in total. The van der Waals surface area contributed by atoms with Crippen LogP contribution in [0.2, 0.25) is 0 Å². The number of benzene rings is 1. The Morgan fingerprint density at radius 2 is 1.79 bits per heavy atom. The fraction of sp³-hybridized carbons (Fsp3) is 0.176. The van der Waals surface area contributed by atoms with Crippen molar-refractivity contribution in [2.24, 2.45) is 0 Å². The van der Waals surface area contributed by atoms with Gasteiger partial charge in [0.1, 0.15) is 0 Å². The van der Waals surface area contributed by atoms with Gasteiger partial charge >= 0.3 is 0 Å². The van der Waals surface area contributed by atoms with Crippen molar-refractivity contribution < 1.29 is 0 Å². The van der Waals surface area contributed by atoms with Gasteiger partial charge in [0, 0.05) is 24.0 Å². The molecule has 0 radical (unpaired) electrons. The van der Waals surface area contributed by atoms with Crippen LogP contribution in [0, 0.1) is 0 Å². The molecule has 4 rings (SSSR count). The molecule has 0 amide bonds. The lowest BCUT2D eigenvalue weighted by Gasteiger charge is -2.03. The molecule has 2 unspecified atom stereocenters. The van der Waals surface area contributed by atoms with Crippen LogP contribution in [0.3, 0.4) is 0 Å².